The SMILES string of the molecule is CCc1ccc(C=[N+]([O-])c2ccccc2)c(F)c1. The Labute approximate surface area is 106 Å². The van der Waals surface area contributed by atoms with Gasteiger partial charge in [-0.15, -0.1) is 0 Å². The Hall–Kier alpha value is -2.16. The molecular formula is C15H14FNO. The van der Waals surface area contributed by atoms with Crippen LogP contribution in [0.2, 0.25) is 0 Å². The molecule has 0 heterocycles. The Morgan fingerprint density at radius 2 is 1.89 bits per heavy atom. The quantitative estimate of drug-likeness (QED) is 0.350. The third-order valence-corrected chi connectivity index (χ3v) is 2.74. The minimum Gasteiger partial charge on any atom is -0.618 e. The molecule has 3 heteroatoms. The number of halogens is 1. The van der Waals surface area contributed by atoms with Gasteiger partial charge in [-0.25, -0.2) is 4.39 Å². The predicted molar refractivity (Wildman–Crippen MR) is 70.7 cm³/mol. The Bertz CT molecular complexity index is 564. The fourth-order valence-corrected chi connectivity index (χ4v) is 1.67. The average Bonchev–Trinajstić information content (AvgIpc) is 2.42. The molecule has 0 aromatic heterocycles. The molecule has 0 aliphatic heterocycles. The van der Waals surface area contributed by atoms with E-state index >= 15 is 0 Å². The molecule has 2 aromatic rings. The topological polar surface area (TPSA) is 26.1 Å². The molecule has 2 nitrogen and oxygen atoms in total. The van der Waals surface area contributed by atoms with Gasteiger partial charge in [0.25, 0.3) is 0 Å². The molecule has 0 aliphatic carbocycles. The lowest BCUT2D eigenvalue weighted by atomic mass is 10.1. The van der Waals surface area contributed by atoms with Crippen molar-refractivity contribution in [3.8, 4) is 0 Å². The smallest absolute Gasteiger partial charge is 0.216 e. The van der Waals surface area contributed by atoms with E-state index in [1.807, 2.05) is 19.1 Å². The van der Waals surface area contributed by atoms with Gasteiger partial charge in [-0.05, 0) is 24.1 Å². The van der Waals surface area contributed by atoms with E-state index in [0.717, 1.165) is 12.0 Å². The zero-order valence-electron chi connectivity index (χ0n) is 10.1. The second-order valence-corrected chi connectivity index (χ2v) is 4.00. The van der Waals surface area contributed by atoms with Crippen molar-refractivity contribution in [2.45, 2.75) is 13.3 Å². The lowest BCUT2D eigenvalue weighted by Crippen LogP contribution is -2.01. The first-order valence-electron chi connectivity index (χ1n) is 5.85. The lowest BCUT2D eigenvalue weighted by molar-refractivity contribution is -0.354. The summed E-state index contributed by atoms with van der Waals surface area (Å²) in [6, 6.07) is 13.6. The first kappa shape index (κ1) is 12.3. The molecule has 18 heavy (non-hydrogen) atoms. The fourth-order valence-electron chi connectivity index (χ4n) is 1.67. The summed E-state index contributed by atoms with van der Waals surface area (Å²) in [7, 11) is 0. The predicted octanol–water partition coefficient (Wildman–Crippen LogP) is 3.65. The summed E-state index contributed by atoms with van der Waals surface area (Å²) in [6.45, 7) is 1.96. The summed E-state index contributed by atoms with van der Waals surface area (Å²) in [5, 5.41) is 11.8. The third-order valence-electron chi connectivity index (χ3n) is 2.74. The van der Waals surface area contributed by atoms with Gasteiger partial charge < -0.3 is 5.21 Å². The normalized spacial score (nSPS) is 11.6. The van der Waals surface area contributed by atoms with Gasteiger partial charge in [-0.2, -0.15) is 4.74 Å². The zero-order valence-corrected chi connectivity index (χ0v) is 10.1. The van der Waals surface area contributed by atoms with Crippen molar-refractivity contribution >= 4 is 11.9 Å². The molecule has 0 amide bonds. The number of rotatable bonds is 3. The Balaban J connectivity index is 2.33. The van der Waals surface area contributed by atoms with E-state index in [4.69, 9.17) is 0 Å². The number of benzene rings is 2. The van der Waals surface area contributed by atoms with Crippen LogP contribution in [0.15, 0.2) is 48.5 Å². The van der Waals surface area contributed by atoms with Gasteiger partial charge >= 0.3 is 0 Å². The molecule has 0 atom stereocenters. The molecule has 2 aromatic carbocycles. The molecule has 0 unspecified atom stereocenters. The minimum atomic E-state index is -0.369. The molecule has 0 saturated heterocycles. The summed E-state index contributed by atoms with van der Waals surface area (Å²) in [4.78, 5) is 0. The number of aryl methyl sites for hydroxylation is 1. The van der Waals surface area contributed by atoms with E-state index in [2.05, 4.69) is 0 Å². The summed E-state index contributed by atoms with van der Waals surface area (Å²) in [6.07, 6.45) is 2.03. The van der Waals surface area contributed by atoms with Gasteiger partial charge in [0.2, 0.25) is 5.69 Å². The molecule has 0 radical (unpaired) electrons. The summed E-state index contributed by atoms with van der Waals surface area (Å²) in [5.74, 6) is -0.369. The Morgan fingerprint density at radius 1 is 1.17 bits per heavy atom. The zero-order chi connectivity index (χ0) is 13.0. The third kappa shape index (κ3) is 2.74. The highest BCUT2D eigenvalue weighted by molar-refractivity contribution is 5.77. The van der Waals surface area contributed by atoms with Crippen LogP contribution >= 0.6 is 0 Å². The van der Waals surface area contributed by atoms with Crippen LogP contribution in [0, 0.1) is 11.0 Å². The largest absolute Gasteiger partial charge is 0.618 e. The van der Waals surface area contributed by atoms with E-state index in [1.165, 1.54) is 12.3 Å². The van der Waals surface area contributed by atoms with Crippen LogP contribution in [0.1, 0.15) is 18.1 Å². The van der Waals surface area contributed by atoms with Crippen LogP contribution in [-0.4, -0.2) is 11.0 Å². The van der Waals surface area contributed by atoms with Gasteiger partial charge in [0, 0.05) is 12.1 Å². The lowest BCUT2D eigenvalue weighted by Gasteiger charge is -2.04. The monoisotopic (exact) mass is 243 g/mol. The van der Waals surface area contributed by atoms with Crippen LogP contribution in [-0.2, 0) is 6.42 Å². The molecule has 0 fully saturated rings. The van der Waals surface area contributed by atoms with Crippen LogP contribution in [0.3, 0.4) is 0 Å². The van der Waals surface area contributed by atoms with Gasteiger partial charge in [0.15, 0.2) is 6.21 Å². The van der Waals surface area contributed by atoms with Crippen LogP contribution in [0.4, 0.5) is 10.1 Å². The van der Waals surface area contributed by atoms with Crippen LogP contribution in [0.25, 0.3) is 0 Å². The van der Waals surface area contributed by atoms with Crippen molar-refractivity contribution in [1.82, 2.24) is 0 Å². The number of hydrogen-bond donors (Lipinski definition) is 0. The van der Waals surface area contributed by atoms with Crippen LogP contribution < -0.4 is 0 Å². The highest BCUT2D eigenvalue weighted by Gasteiger charge is 2.06. The molecular weight excluding hydrogens is 229 g/mol. The summed E-state index contributed by atoms with van der Waals surface area (Å²) < 4.78 is 14.4. The first-order chi connectivity index (χ1) is 8.70. The molecule has 0 bridgehead atoms. The van der Waals surface area contributed by atoms with Crippen molar-refractivity contribution in [1.29, 1.82) is 0 Å². The average molecular weight is 243 g/mol. The molecule has 0 spiro atoms. The van der Waals surface area contributed by atoms with Crippen molar-refractivity contribution in [2.24, 2.45) is 0 Å². The van der Waals surface area contributed by atoms with E-state index in [-0.39, 0.29) is 5.82 Å². The van der Waals surface area contributed by atoms with E-state index < -0.39 is 0 Å². The van der Waals surface area contributed by atoms with Crippen molar-refractivity contribution in [3.63, 3.8) is 0 Å². The molecule has 0 aliphatic rings. The molecule has 2 rings (SSSR count). The van der Waals surface area contributed by atoms with E-state index in [9.17, 15) is 9.60 Å². The van der Waals surface area contributed by atoms with E-state index in [1.54, 1.807) is 30.3 Å². The maximum Gasteiger partial charge on any atom is 0.216 e. The first-order valence-corrected chi connectivity index (χ1v) is 5.85. The minimum absolute atomic E-state index is 0.297. The highest BCUT2D eigenvalue weighted by atomic mass is 19.1. The number of nitrogens with zero attached hydrogens (tertiary/aromatic N) is 1. The van der Waals surface area contributed by atoms with E-state index in [0.29, 0.717) is 16.0 Å². The summed E-state index contributed by atoms with van der Waals surface area (Å²) in [5.41, 5.74) is 1.70. The molecule has 0 N–H and O–H groups in total. The second kappa shape index (κ2) is 5.45. The van der Waals surface area contributed by atoms with Gasteiger partial charge in [0.1, 0.15) is 5.82 Å². The maximum atomic E-state index is 13.7. The Kier molecular flexibility index (Phi) is 3.72. The standard InChI is InChI=1S/C15H14FNO/c1-2-12-8-9-13(15(16)10-12)11-17(18)14-6-4-3-5-7-14/h3-11H,2H2,1H3. The van der Waals surface area contributed by atoms with Crippen molar-refractivity contribution in [3.05, 3.63) is 70.7 Å². The van der Waals surface area contributed by atoms with Gasteiger partial charge in [-0.1, -0.05) is 31.2 Å². The summed E-state index contributed by atoms with van der Waals surface area (Å²) >= 11 is 0. The molecule has 0 saturated carbocycles. The highest BCUT2D eigenvalue weighted by Crippen LogP contribution is 2.12. The van der Waals surface area contributed by atoms with Crippen LogP contribution in [0.5, 0.6) is 0 Å². The number of hydrogen-bond acceptors (Lipinski definition) is 1. The maximum absolute atomic E-state index is 13.7. The van der Waals surface area contributed by atoms with Gasteiger partial charge in [0.05, 0.1) is 5.56 Å². The van der Waals surface area contributed by atoms with Crippen molar-refractivity contribution in [2.75, 3.05) is 0 Å². The van der Waals surface area contributed by atoms with Crippen molar-refractivity contribution < 1.29 is 9.13 Å². The Morgan fingerprint density at radius 3 is 2.50 bits per heavy atom. The second-order valence-electron chi connectivity index (χ2n) is 4.00. The van der Waals surface area contributed by atoms with Gasteiger partial charge in [-0.3, -0.25) is 0 Å². The fraction of sp³-hybridized carbons (Fsp3) is 0.133. The number of para-hydroxylation sites is 1. The molecule has 92 valence electrons.